The molecule has 0 aliphatic heterocycles. The Hall–Kier alpha value is -2.94. The number of nitrogens with one attached hydrogen (secondary N) is 1. The number of nitrogens with zero attached hydrogens (tertiary/aromatic N) is 4. The maximum Gasteiger partial charge on any atom is 0.145 e. The minimum absolute atomic E-state index is 0.00671. The maximum absolute atomic E-state index is 6.46. The van der Waals surface area contributed by atoms with Crippen molar-refractivity contribution in [2.24, 2.45) is 0 Å². The van der Waals surface area contributed by atoms with Gasteiger partial charge in [0.15, 0.2) is 0 Å². The van der Waals surface area contributed by atoms with Crippen LogP contribution in [-0.4, -0.2) is 46.6 Å². The van der Waals surface area contributed by atoms with Gasteiger partial charge in [0.05, 0.1) is 27.1 Å². The minimum atomic E-state index is 0.00671. The molecule has 2 aromatic carbocycles. The van der Waals surface area contributed by atoms with Gasteiger partial charge < -0.3 is 19.7 Å². The van der Waals surface area contributed by atoms with Crippen LogP contribution in [0.3, 0.4) is 0 Å². The summed E-state index contributed by atoms with van der Waals surface area (Å²) in [6.07, 6.45) is 1.54. The number of likely N-dealkylation sites (N-methyl/N-ethyl adjacent to an activating group) is 1. The highest BCUT2D eigenvalue weighted by molar-refractivity contribution is 7.07. The molecular formula is C23H24ClN5O2S. The van der Waals surface area contributed by atoms with E-state index in [1.165, 1.54) is 17.7 Å². The standard InChI is InChI=1S/C23H24ClN5O2S/c1-15(10-29(2)3)31-21-6-4-5-19-22(21)23(26-13-25-19)28-16-7-8-20(18(24)9-16)30-11-17-12-32-14-27-17/h4-9,12-15H,10-11H2,1-3H3,(H,25,26,28)/t15-/m1/s1. The van der Waals surface area contributed by atoms with E-state index in [0.29, 0.717) is 23.2 Å². The van der Waals surface area contributed by atoms with E-state index in [1.54, 1.807) is 5.51 Å². The van der Waals surface area contributed by atoms with E-state index in [9.17, 15) is 0 Å². The third-order valence-corrected chi connectivity index (χ3v) is 5.56. The van der Waals surface area contributed by atoms with Gasteiger partial charge in [-0.25, -0.2) is 15.0 Å². The number of hydrogen-bond acceptors (Lipinski definition) is 8. The van der Waals surface area contributed by atoms with Crippen molar-refractivity contribution >= 4 is 45.3 Å². The fraction of sp³-hybridized carbons (Fsp3) is 0.261. The molecule has 166 valence electrons. The summed E-state index contributed by atoms with van der Waals surface area (Å²) in [5.41, 5.74) is 4.23. The van der Waals surface area contributed by atoms with Crippen LogP contribution in [0, 0.1) is 0 Å². The molecule has 2 aromatic heterocycles. The van der Waals surface area contributed by atoms with E-state index < -0.39 is 0 Å². The van der Waals surface area contributed by atoms with Crippen LogP contribution >= 0.6 is 22.9 Å². The predicted octanol–water partition coefficient (Wildman–Crippen LogP) is 5.39. The summed E-state index contributed by atoms with van der Waals surface area (Å²) in [5.74, 6) is 1.98. The number of fused-ring (bicyclic) bond motifs is 1. The molecule has 7 nitrogen and oxygen atoms in total. The fourth-order valence-corrected chi connectivity index (χ4v) is 4.11. The number of hydrogen-bond donors (Lipinski definition) is 1. The molecule has 0 aliphatic carbocycles. The second-order valence-corrected chi connectivity index (χ2v) is 8.73. The van der Waals surface area contributed by atoms with Crippen LogP contribution in [0.15, 0.2) is 53.6 Å². The zero-order chi connectivity index (χ0) is 22.5. The van der Waals surface area contributed by atoms with Gasteiger partial charge in [0.1, 0.15) is 36.4 Å². The molecule has 0 unspecified atom stereocenters. The zero-order valence-electron chi connectivity index (χ0n) is 18.1. The van der Waals surface area contributed by atoms with Crippen molar-refractivity contribution in [1.29, 1.82) is 0 Å². The van der Waals surface area contributed by atoms with Crippen LogP contribution in [0.25, 0.3) is 10.9 Å². The normalized spacial score (nSPS) is 12.2. The lowest BCUT2D eigenvalue weighted by atomic mass is 10.2. The highest BCUT2D eigenvalue weighted by atomic mass is 35.5. The lowest BCUT2D eigenvalue weighted by Crippen LogP contribution is -2.28. The quantitative estimate of drug-likeness (QED) is 0.352. The summed E-state index contributed by atoms with van der Waals surface area (Å²) < 4.78 is 12.0. The molecule has 1 N–H and O–H groups in total. The average Bonchev–Trinajstić information content (AvgIpc) is 3.26. The minimum Gasteiger partial charge on any atom is -0.489 e. The fourth-order valence-electron chi connectivity index (χ4n) is 3.33. The highest BCUT2D eigenvalue weighted by Crippen LogP contribution is 2.34. The summed E-state index contributed by atoms with van der Waals surface area (Å²) >= 11 is 7.99. The molecule has 9 heteroatoms. The van der Waals surface area contributed by atoms with Gasteiger partial charge in [-0.05, 0) is 51.4 Å². The number of aromatic nitrogens is 3. The summed E-state index contributed by atoms with van der Waals surface area (Å²) in [6, 6.07) is 11.3. The first-order chi connectivity index (χ1) is 15.5. The molecule has 0 bridgehead atoms. The lowest BCUT2D eigenvalue weighted by Gasteiger charge is -2.20. The molecule has 2 heterocycles. The molecule has 4 aromatic rings. The molecule has 0 spiro atoms. The Labute approximate surface area is 196 Å². The van der Waals surface area contributed by atoms with Gasteiger partial charge in [-0.3, -0.25) is 0 Å². The lowest BCUT2D eigenvalue weighted by molar-refractivity contribution is 0.179. The number of ether oxygens (including phenoxy) is 2. The largest absolute Gasteiger partial charge is 0.489 e. The summed E-state index contributed by atoms with van der Waals surface area (Å²) in [5, 5.41) is 6.61. The number of rotatable bonds is 9. The Kier molecular flexibility index (Phi) is 7.04. The van der Waals surface area contributed by atoms with Gasteiger partial charge in [-0.2, -0.15) is 0 Å². The van der Waals surface area contributed by atoms with Crippen LogP contribution in [-0.2, 0) is 6.61 Å². The second-order valence-electron chi connectivity index (χ2n) is 7.60. The number of thiazole rings is 1. The van der Waals surface area contributed by atoms with Crippen molar-refractivity contribution in [3.05, 3.63) is 64.3 Å². The van der Waals surface area contributed by atoms with Crippen LogP contribution in [0.4, 0.5) is 11.5 Å². The third-order valence-electron chi connectivity index (χ3n) is 4.63. The topological polar surface area (TPSA) is 72.4 Å². The second kappa shape index (κ2) is 10.1. The molecule has 0 radical (unpaired) electrons. The van der Waals surface area contributed by atoms with Crippen LogP contribution in [0.2, 0.25) is 5.02 Å². The van der Waals surface area contributed by atoms with Gasteiger partial charge in [0, 0.05) is 17.6 Å². The Morgan fingerprint density at radius 3 is 2.75 bits per heavy atom. The van der Waals surface area contributed by atoms with E-state index in [4.69, 9.17) is 21.1 Å². The summed E-state index contributed by atoms with van der Waals surface area (Å²) in [6.45, 7) is 3.21. The summed E-state index contributed by atoms with van der Waals surface area (Å²) in [4.78, 5) is 15.2. The van der Waals surface area contributed by atoms with Crippen LogP contribution in [0.1, 0.15) is 12.6 Å². The molecular weight excluding hydrogens is 446 g/mol. The van der Waals surface area contributed by atoms with Crippen molar-refractivity contribution in [1.82, 2.24) is 19.9 Å². The SMILES string of the molecule is C[C@H](CN(C)C)Oc1cccc2ncnc(Nc3ccc(OCc4cscn4)c(Cl)c3)c12. The Morgan fingerprint density at radius 1 is 1.12 bits per heavy atom. The first-order valence-electron chi connectivity index (χ1n) is 10.1. The van der Waals surface area contributed by atoms with Gasteiger partial charge in [0.2, 0.25) is 0 Å². The number of anilines is 2. The molecule has 4 rings (SSSR count). The van der Waals surface area contributed by atoms with Gasteiger partial charge in [0.25, 0.3) is 0 Å². The zero-order valence-corrected chi connectivity index (χ0v) is 19.7. The third kappa shape index (κ3) is 5.45. The van der Waals surface area contributed by atoms with Gasteiger partial charge in [-0.1, -0.05) is 17.7 Å². The van der Waals surface area contributed by atoms with Gasteiger partial charge >= 0.3 is 0 Å². The highest BCUT2D eigenvalue weighted by Gasteiger charge is 2.14. The van der Waals surface area contributed by atoms with Crippen LogP contribution < -0.4 is 14.8 Å². The van der Waals surface area contributed by atoms with E-state index in [0.717, 1.165) is 34.6 Å². The van der Waals surface area contributed by atoms with E-state index in [-0.39, 0.29) is 6.10 Å². The van der Waals surface area contributed by atoms with Crippen molar-refractivity contribution in [2.45, 2.75) is 19.6 Å². The van der Waals surface area contributed by atoms with E-state index in [2.05, 4.69) is 25.2 Å². The molecule has 1 atom stereocenters. The Balaban J connectivity index is 1.56. The van der Waals surface area contributed by atoms with Crippen molar-refractivity contribution in [2.75, 3.05) is 26.0 Å². The van der Waals surface area contributed by atoms with Crippen molar-refractivity contribution in [3.63, 3.8) is 0 Å². The molecule has 0 aliphatic rings. The number of benzene rings is 2. The Bertz CT molecular complexity index is 1180. The average molecular weight is 470 g/mol. The molecule has 0 fully saturated rings. The van der Waals surface area contributed by atoms with E-state index in [1.807, 2.05) is 62.8 Å². The Morgan fingerprint density at radius 2 is 2.00 bits per heavy atom. The summed E-state index contributed by atoms with van der Waals surface area (Å²) in [7, 11) is 4.04. The molecule has 0 saturated heterocycles. The van der Waals surface area contributed by atoms with E-state index >= 15 is 0 Å². The van der Waals surface area contributed by atoms with Crippen molar-refractivity contribution in [3.8, 4) is 11.5 Å². The van der Waals surface area contributed by atoms with Crippen molar-refractivity contribution < 1.29 is 9.47 Å². The molecule has 0 amide bonds. The van der Waals surface area contributed by atoms with Gasteiger partial charge in [-0.15, -0.1) is 11.3 Å². The maximum atomic E-state index is 6.46. The first-order valence-corrected chi connectivity index (χ1v) is 11.4. The monoisotopic (exact) mass is 469 g/mol. The van der Waals surface area contributed by atoms with Crippen LogP contribution in [0.5, 0.6) is 11.5 Å². The smallest absolute Gasteiger partial charge is 0.145 e. The predicted molar refractivity (Wildman–Crippen MR) is 129 cm³/mol. The number of halogens is 1. The first kappa shape index (κ1) is 22.3. The molecule has 32 heavy (non-hydrogen) atoms. The molecule has 0 saturated carbocycles.